The average Bonchev–Trinajstić information content (AvgIpc) is 1.08. The number of para-hydroxylation sites is 4. The van der Waals surface area contributed by atoms with Gasteiger partial charge >= 0.3 is 0 Å². The zero-order valence-electron chi connectivity index (χ0n) is 83.1. The van der Waals surface area contributed by atoms with Crippen LogP contribution in [0.1, 0.15) is 205 Å². The van der Waals surface area contributed by atoms with Crippen LogP contribution < -0.4 is 0 Å². The van der Waals surface area contributed by atoms with E-state index in [0.717, 1.165) is 46.8 Å². The minimum Gasteiger partial charge on any atom is -0.911 e. The van der Waals surface area contributed by atoms with Crippen LogP contribution in [0.25, 0.3) is 49.6 Å². The first-order chi connectivity index (χ1) is 60.9. The van der Waals surface area contributed by atoms with Crippen LogP contribution in [-0.2, 0) is 196 Å². The van der Waals surface area contributed by atoms with Gasteiger partial charge in [0.2, 0.25) is 0 Å². The number of aromatic nitrogens is 14. The smallest absolute Gasteiger partial charge is 0.115 e. The van der Waals surface area contributed by atoms with Gasteiger partial charge < -0.3 is 83.3 Å². The van der Waals surface area contributed by atoms with Gasteiger partial charge in [0.25, 0.3) is 0 Å². The Morgan fingerprint density at radius 3 is 0.876 bits per heavy atom. The molecule has 8 heterocycles. The normalized spacial score (nSPS) is 6.82. The Morgan fingerprint density at radius 1 is 0.295 bits per heavy atom. The van der Waals surface area contributed by atoms with E-state index in [4.69, 9.17) is 37.3 Å². The molecule has 0 saturated carbocycles. The van der Waals surface area contributed by atoms with E-state index in [1.54, 1.807) is 117 Å². The average molecular weight is 2200 g/mol. The Balaban J connectivity index is -0.0000000541. The fraction of sp³-hybridized carbons (Fsp3) is 0.267. The summed E-state index contributed by atoms with van der Waals surface area (Å²) in [4.78, 5) is 41.3. The van der Waals surface area contributed by atoms with E-state index in [0.29, 0.717) is 11.3 Å². The fourth-order valence-corrected chi connectivity index (χ4v) is 5.65. The summed E-state index contributed by atoms with van der Waals surface area (Å²) in [5.74, 6) is 0. The minimum atomic E-state index is 0. The van der Waals surface area contributed by atoms with Crippen LogP contribution in [0.2, 0.25) is 0 Å². The predicted molar refractivity (Wildman–Crippen MR) is 543 cm³/mol. The molecule has 18 nitrogen and oxygen atoms in total. The number of nitrogens with one attached hydrogen (secondary N) is 1. The third kappa shape index (κ3) is 144. The SMILES string of the molecule is CC.CC.CC.CC.CC.CC.CC.CC.CC.CC.CC.CC.CC.CC.[CH-]=CC=[CH-].[CH-]=CC=[N-].[CH-]=CN=[CH-].[CH-]=Cc1[c-]cccc1.[CH-]=Nc1[c-]cccc1.[N-]=Cc1[c-]cccc1.[Y].[Y].[Y].[Y].[Y].[Y].c1ccc2cnccc2c1.c1ccc2ncccc2c1.c1ccc2nccnc2c1.c1ccncc1.c1ccnnc1.c1cn[nH]n1.c1cnccn1.c1cncnc1. The summed E-state index contributed by atoms with van der Waals surface area (Å²) in [5.41, 5.74) is 5.30. The summed E-state index contributed by atoms with van der Waals surface area (Å²) in [6.45, 7) is 89.3. The van der Waals surface area contributed by atoms with Crippen molar-refractivity contribution in [2.24, 2.45) is 9.98 Å². The Labute approximate surface area is 938 Å². The second-order valence-corrected chi connectivity index (χ2v) is 16.2. The van der Waals surface area contributed by atoms with Gasteiger partial charge in [0.15, 0.2) is 0 Å². The molecular weight excluding hydrogens is 2050 g/mol. The number of allylic oxidation sites excluding steroid dienone is 3. The number of pyridine rings is 3. The topological polar surface area (TPSA) is 253 Å². The Morgan fingerprint density at radius 2 is 0.636 bits per heavy atom. The van der Waals surface area contributed by atoms with Gasteiger partial charge in [-0.1, -0.05) is 261 Å². The molecule has 14 aromatic rings. The van der Waals surface area contributed by atoms with Crippen molar-refractivity contribution in [3.8, 4) is 0 Å². The van der Waals surface area contributed by atoms with Gasteiger partial charge in [0.05, 0.1) is 28.9 Å². The Bertz CT molecular complexity index is 3310. The van der Waals surface area contributed by atoms with Crippen LogP contribution in [-0.4, -0.2) is 96.3 Å². The van der Waals surface area contributed by atoms with Crippen molar-refractivity contribution in [3.05, 3.63) is 409 Å². The fourth-order valence-electron chi connectivity index (χ4n) is 5.65. The summed E-state index contributed by atoms with van der Waals surface area (Å²) in [7, 11) is 0. The van der Waals surface area contributed by atoms with E-state index in [1.807, 2.05) is 358 Å². The number of benzene rings is 6. The maximum Gasteiger partial charge on any atom is 0.115 e. The number of rotatable bonds is 6. The molecule has 6 radical (unpaired) electrons. The van der Waals surface area contributed by atoms with Crippen molar-refractivity contribution in [2.45, 2.75) is 194 Å². The zero-order valence-corrected chi connectivity index (χ0v) is 100. The van der Waals surface area contributed by atoms with Crippen LogP contribution >= 0.6 is 0 Å². The molecule has 0 fully saturated rings. The third-order valence-electron chi connectivity index (χ3n) is 9.67. The number of aromatic amines is 1. The number of nitrogens with zero attached hydrogens (tertiary/aromatic N) is 17. The maximum absolute atomic E-state index is 8.38. The van der Waals surface area contributed by atoms with Gasteiger partial charge in [-0.3, -0.25) is 59.8 Å². The molecule has 690 valence electrons. The van der Waals surface area contributed by atoms with Crippen LogP contribution in [0.4, 0.5) is 5.69 Å². The number of hydrogen-bond acceptors (Lipinski definition) is 15. The van der Waals surface area contributed by atoms with E-state index in [2.05, 4.69) is 143 Å². The molecule has 0 saturated heterocycles. The molecular formula is C105H150N18Y6-12. The Kier molecular flexibility index (Phi) is 246. The largest absolute Gasteiger partial charge is 0.911 e. The first kappa shape index (κ1) is 172. The minimum absolute atomic E-state index is 0. The summed E-state index contributed by atoms with van der Waals surface area (Å²) >= 11 is 0. The van der Waals surface area contributed by atoms with E-state index in [1.165, 1.54) is 40.7 Å². The quantitative estimate of drug-likeness (QED) is 0.0924. The third-order valence-corrected chi connectivity index (χ3v) is 9.67. The van der Waals surface area contributed by atoms with E-state index >= 15 is 0 Å². The molecule has 6 aromatic carbocycles. The molecule has 0 amide bonds. The van der Waals surface area contributed by atoms with Gasteiger partial charge in [-0.05, 0) is 71.4 Å². The molecule has 129 heavy (non-hydrogen) atoms. The summed E-state index contributed by atoms with van der Waals surface area (Å²) < 4.78 is 0. The molecule has 14 rings (SSSR count). The van der Waals surface area contributed by atoms with Gasteiger partial charge in [-0.15, -0.1) is 36.4 Å². The second-order valence-electron chi connectivity index (χ2n) is 16.2. The first-order valence-corrected chi connectivity index (χ1v) is 41.8. The van der Waals surface area contributed by atoms with Crippen LogP contribution in [0.15, 0.2) is 346 Å². The van der Waals surface area contributed by atoms with Crippen molar-refractivity contribution >= 4 is 70.3 Å². The van der Waals surface area contributed by atoms with Crippen molar-refractivity contribution < 1.29 is 196 Å². The first-order valence-electron chi connectivity index (χ1n) is 41.8. The van der Waals surface area contributed by atoms with Gasteiger partial charge in [0, 0.05) is 295 Å². The molecule has 0 atom stereocenters. The molecule has 0 aliphatic rings. The van der Waals surface area contributed by atoms with Crippen molar-refractivity contribution in [2.75, 3.05) is 0 Å². The number of hydrogen-bond donors (Lipinski definition) is 1. The predicted octanol–water partition coefficient (Wildman–Crippen LogP) is 30.0. The second kappa shape index (κ2) is 185. The monoisotopic (exact) mass is 2200 g/mol. The van der Waals surface area contributed by atoms with E-state index in [9.17, 15) is 0 Å². The van der Waals surface area contributed by atoms with Gasteiger partial charge in [0.1, 0.15) is 6.33 Å². The van der Waals surface area contributed by atoms with Crippen LogP contribution in [0.5, 0.6) is 0 Å². The molecule has 24 heteroatoms. The van der Waals surface area contributed by atoms with Gasteiger partial charge in [-0.2, -0.15) is 74.9 Å². The molecule has 0 aliphatic heterocycles. The van der Waals surface area contributed by atoms with Gasteiger partial charge in [-0.25, -0.2) is 33.9 Å². The molecule has 0 bridgehead atoms. The van der Waals surface area contributed by atoms with Crippen molar-refractivity contribution in [1.82, 2.24) is 70.5 Å². The van der Waals surface area contributed by atoms with E-state index in [-0.39, 0.29) is 196 Å². The summed E-state index contributed by atoms with van der Waals surface area (Å²) in [6.07, 6.45) is 38.2. The zero-order chi connectivity index (χ0) is 96.6. The number of fused-ring (bicyclic) bond motifs is 3. The Hall–Kier alpha value is -6.99. The molecule has 8 aromatic heterocycles. The number of H-pyrrole nitrogens is 1. The molecule has 0 unspecified atom stereocenters. The molecule has 0 aliphatic carbocycles. The molecule has 0 spiro atoms. The van der Waals surface area contributed by atoms with Crippen molar-refractivity contribution in [1.29, 1.82) is 0 Å². The van der Waals surface area contributed by atoms with Crippen LogP contribution in [0, 0.1) is 51.1 Å². The van der Waals surface area contributed by atoms with Crippen LogP contribution in [0.3, 0.4) is 0 Å². The molecule has 1 N–H and O–H groups in total. The standard InChI is InChI=1S/2C9H7N.C8H6N2.C8H6.2C7H5N.C5H5N.3C4H4N2.C4H4.2C3H3N.C2H3N3.14C2H6.6Y/c1-2-6-9-8(4-1)5-3-7-10-9;1-2-4-9-7-10-6-5-8(9)3-1;1-2-4-8-7(3-1)9-5-6-10-8;1-2-8-6-4-3-5-7-8;1-8-7-5-3-2-4-6-7;8-6-7-4-2-1-3-5-7;1-2-4-6-5-3-1;1-2-6-4-3-5-1;1-2-5-4-6-3-1;1-2-4-6-5-3-1;2*1-3-4-2;1-2-3-4;1-2-4-5-3-1;14*1-2;;;;;;/h2*1-7H;1-6H;1-6H;1-5H;1-4,6H;1-5H;3*1-4H;1-4H;2*1-3H;1-2H,(H,3,4,5);14*1-2H3;;;;;;/q;;;3*-2;;;;;3*-2;;;;;;;;;;;;;;;;;;;;;. The maximum atomic E-state index is 8.38. The van der Waals surface area contributed by atoms with Crippen molar-refractivity contribution in [3.63, 3.8) is 0 Å². The summed E-state index contributed by atoms with van der Waals surface area (Å²) in [6, 6.07) is 71.9. The number of aliphatic imine (C=N–C) groups is 2. The summed E-state index contributed by atoms with van der Waals surface area (Å²) in [5, 5.41) is 36.0. The van der Waals surface area contributed by atoms with E-state index < -0.39 is 0 Å².